The highest BCUT2D eigenvalue weighted by Gasteiger charge is 2.35. The van der Waals surface area contributed by atoms with Crippen LogP contribution in [0.4, 0.5) is 0 Å². The lowest BCUT2D eigenvalue weighted by Crippen LogP contribution is -2.29. The van der Waals surface area contributed by atoms with Crippen molar-refractivity contribution in [1.82, 2.24) is 0 Å². The van der Waals surface area contributed by atoms with Crippen molar-refractivity contribution in [2.24, 2.45) is 0 Å². The molecule has 0 aromatic heterocycles. The van der Waals surface area contributed by atoms with E-state index in [9.17, 15) is 15.3 Å². The number of hydrogen-bond acceptors (Lipinski definition) is 4. The van der Waals surface area contributed by atoms with Crippen LogP contribution in [-0.4, -0.2) is 21.9 Å². The average molecular weight is 338 g/mol. The molecule has 4 nitrogen and oxygen atoms in total. The van der Waals surface area contributed by atoms with Gasteiger partial charge in [0.25, 0.3) is 0 Å². The van der Waals surface area contributed by atoms with Crippen molar-refractivity contribution in [2.45, 2.75) is 84.5 Å². The van der Waals surface area contributed by atoms with Crippen molar-refractivity contribution in [3.63, 3.8) is 0 Å². The van der Waals surface area contributed by atoms with Crippen molar-refractivity contribution in [2.75, 3.05) is 6.61 Å². The Balaban J connectivity index is 3.84. The molecule has 1 rings (SSSR count). The minimum Gasteiger partial charge on any atom is -0.493 e. The number of aliphatic hydroxyl groups is 3. The van der Waals surface area contributed by atoms with Crippen LogP contribution in [0.25, 0.3) is 0 Å². The highest BCUT2D eigenvalue weighted by molar-refractivity contribution is 5.51. The summed E-state index contributed by atoms with van der Waals surface area (Å²) < 4.78 is 5.84. The highest BCUT2D eigenvalue weighted by atomic mass is 16.5. The summed E-state index contributed by atoms with van der Waals surface area (Å²) in [6.07, 6.45) is 1.53. The van der Waals surface area contributed by atoms with Gasteiger partial charge >= 0.3 is 0 Å². The van der Waals surface area contributed by atoms with Gasteiger partial charge in [-0.1, -0.05) is 20.8 Å². The Hall–Kier alpha value is -1.10. The molecule has 0 fully saturated rings. The Morgan fingerprint density at radius 1 is 0.750 bits per heavy atom. The molecule has 3 N–H and O–H groups in total. The van der Waals surface area contributed by atoms with E-state index >= 15 is 0 Å². The van der Waals surface area contributed by atoms with Gasteiger partial charge in [-0.3, -0.25) is 0 Å². The van der Waals surface area contributed by atoms with Gasteiger partial charge in [0, 0.05) is 11.1 Å². The predicted octanol–water partition coefficient (Wildman–Crippen LogP) is 3.94. The second-order valence-electron chi connectivity index (χ2n) is 7.22. The van der Waals surface area contributed by atoms with Crippen molar-refractivity contribution in [1.29, 1.82) is 0 Å². The molecular weight excluding hydrogens is 304 g/mol. The largest absolute Gasteiger partial charge is 0.493 e. The molecule has 0 spiro atoms. The van der Waals surface area contributed by atoms with Crippen molar-refractivity contribution in [3.05, 3.63) is 28.8 Å². The maximum Gasteiger partial charge on any atom is 0.131 e. The molecule has 0 saturated carbocycles. The zero-order valence-electron chi connectivity index (χ0n) is 16.2. The number of rotatable bonds is 8. The van der Waals surface area contributed by atoms with E-state index in [1.54, 1.807) is 20.8 Å². The molecule has 0 aliphatic heterocycles. The average Bonchev–Trinajstić information content (AvgIpc) is 2.54. The summed E-state index contributed by atoms with van der Waals surface area (Å²) in [5, 5.41) is 32.5. The second-order valence-corrected chi connectivity index (χ2v) is 7.22. The van der Waals surface area contributed by atoms with Crippen LogP contribution < -0.4 is 4.74 Å². The van der Waals surface area contributed by atoms with Crippen LogP contribution >= 0.6 is 0 Å². The lowest BCUT2D eigenvalue weighted by atomic mass is 9.80. The molecule has 24 heavy (non-hydrogen) atoms. The molecule has 138 valence electrons. The molecule has 4 heteroatoms. The SMILES string of the molecule is CCOc1c(C(C)(O)CC)cc(C(C)(O)CC)cc1C(C)(O)CC. The van der Waals surface area contributed by atoms with Crippen LogP contribution in [0, 0.1) is 0 Å². The molecule has 0 bridgehead atoms. The van der Waals surface area contributed by atoms with Gasteiger partial charge in [-0.2, -0.15) is 0 Å². The van der Waals surface area contributed by atoms with Crippen LogP contribution in [0.5, 0.6) is 5.75 Å². The van der Waals surface area contributed by atoms with E-state index in [1.807, 2.05) is 39.8 Å². The second kappa shape index (κ2) is 7.42. The third-order valence-corrected chi connectivity index (χ3v) is 5.23. The summed E-state index contributed by atoms with van der Waals surface area (Å²) in [5.41, 5.74) is -1.35. The first-order valence-corrected chi connectivity index (χ1v) is 8.96. The zero-order valence-corrected chi connectivity index (χ0v) is 16.2. The van der Waals surface area contributed by atoms with E-state index in [1.165, 1.54) is 0 Å². The summed E-state index contributed by atoms with van der Waals surface area (Å²) in [7, 11) is 0. The fraction of sp³-hybridized carbons (Fsp3) is 0.700. The Morgan fingerprint density at radius 3 is 1.42 bits per heavy atom. The highest BCUT2D eigenvalue weighted by Crippen LogP contribution is 2.43. The van der Waals surface area contributed by atoms with Crippen molar-refractivity contribution >= 4 is 0 Å². The summed E-state index contributed by atoms with van der Waals surface area (Å²) in [5.74, 6) is 0.520. The first kappa shape index (κ1) is 20.9. The van der Waals surface area contributed by atoms with Gasteiger partial charge in [0.15, 0.2) is 0 Å². The van der Waals surface area contributed by atoms with Crippen molar-refractivity contribution < 1.29 is 20.1 Å². The molecule has 1 aromatic carbocycles. The summed E-state index contributed by atoms with van der Waals surface area (Å²) in [6, 6.07) is 3.63. The first-order valence-electron chi connectivity index (χ1n) is 8.96. The lowest BCUT2D eigenvalue weighted by Gasteiger charge is -2.34. The van der Waals surface area contributed by atoms with E-state index in [0.717, 1.165) is 0 Å². The maximum absolute atomic E-state index is 10.9. The summed E-state index contributed by atoms with van der Waals surface area (Å²) in [4.78, 5) is 0. The van der Waals surface area contributed by atoms with Gasteiger partial charge in [0.1, 0.15) is 5.75 Å². The Morgan fingerprint density at radius 2 is 1.12 bits per heavy atom. The van der Waals surface area contributed by atoms with Crippen LogP contribution in [0.2, 0.25) is 0 Å². The van der Waals surface area contributed by atoms with Crippen LogP contribution in [0.1, 0.15) is 84.4 Å². The topological polar surface area (TPSA) is 69.9 Å². The zero-order chi connectivity index (χ0) is 18.8. The first-order chi connectivity index (χ1) is 11.0. The van der Waals surface area contributed by atoms with E-state index in [4.69, 9.17) is 4.74 Å². The van der Waals surface area contributed by atoms with Crippen LogP contribution in [-0.2, 0) is 16.8 Å². The Kier molecular flexibility index (Phi) is 6.48. The standard InChI is InChI=1S/C20H34O4/c1-8-18(5,21)14-12-15(19(6,22)9-2)17(24-11-4)16(13-14)20(7,23)10-3/h12-13,21-23H,8-11H2,1-7H3. The predicted molar refractivity (Wildman–Crippen MR) is 97.2 cm³/mol. The van der Waals surface area contributed by atoms with Crippen LogP contribution in [0.3, 0.4) is 0 Å². The third-order valence-electron chi connectivity index (χ3n) is 5.23. The van der Waals surface area contributed by atoms with E-state index in [2.05, 4.69) is 0 Å². The smallest absolute Gasteiger partial charge is 0.131 e. The maximum atomic E-state index is 10.9. The van der Waals surface area contributed by atoms with Gasteiger partial charge in [-0.15, -0.1) is 0 Å². The Bertz CT molecular complexity index is 522. The van der Waals surface area contributed by atoms with Gasteiger partial charge in [0.05, 0.1) is 23.4 Å². The van der Waals surface area contributed by atoms with E-state index in [0.29, 0.717) is 48.3 Å². The van der Waals surface area contributed by atoms with Crippen molar-refractivity contribution in [3.8, 4) is 5.75 Å². The van der Waals surface area contributed by atoms with Gasteiger partial charge in [-0.05, 0) is 64.7 Å². The molecule has 1 aromatic rings. The normalized spacial score (nSPS) is 19.2. The minimum atomic E-state index is -1.11. The monoisotopic (exact) mass is 338 g/mol. The summed E-state index contributed by atoms with van der Waals surface area (Å²) in [6.45, 7) is 13.2. The quantitative estimate of drug-likeness (QED) is 0.671. The minimum absolute atomic E-state index is 0.434. The molecule has 0 aliphatic rings. The molecule has 0 saturated heterocycles. The molecule has 0 aliphatic carbocycles. The Labute approximate surface area is 146 Å². The number of hydrogen-bond donors (Lipinski definition) is 3. The number of ether oxygens (including phenoxy) is 1. The molecule has 3 atom stereocenters. The van der Waals surface area contributed by atoms with E-state index < -0.39 is 16.8 Å². The van der Waals surface area contributed by atoms with Gasteiger partial charge in [-0.25, -0.2) is 0 Å². The molecule has 0 amide bonds. The third kappa shape index (κ3) is 4.11. The molecule has 0 radical (unpaired) electrons. The van der Waals surface area contributed by atoms with E-state index in [-0.39, 0.29) is 0 Å². The van der Waals surface area contributed by atoms with Gasteiger partial charge in [0.2, 0.25) is 0 Å². The molecule has 0 heterocycles. The molecular formula is C20H34O4. The fourth-order valence-corrected chi connectivity index (χ4v) is 2.62. The van der Waals surface area contributed by atoms with Crippen LogP contribution in [0.15, 0.2) is 12.1 Å². The number of benzene rings is 1. The van der Waals surface area contributed by atoms with Gasteiger partial charge < -0.3 is 20.1 Å². The fourth-order valence-electron chi connectivity index (χ4n) is 2.62. The summed E-state index contributed by atoms with van der Waals surface area (Å²) >= 11 is 0. The lowest BCUT2D eigenvalue weighted by molar-refractivity contribution is 0.0350. The molecule has 3 unspecified atom stereocenters.